The van der Waals surface area contributed by atoms with Gasteiger partial charge in [0.25, 0.3) is 0 Å². The highest BCUT2D eigenvalue weighted by Crippen LogP contribution is 2.31. The minimum Gasteiger partial charge on any atom is -0.374 e. The molecular weight excluding hydrogens is 258 g/mol. The van der Waals surface area contributed by atoms with Crippen molar-refractivity contribution in [3.05, 3.63) is 35.9 Å². The maximum absolute atomic E-state index is 6.38. The average Bonchev–Trinajstić information content (AvgIpc) is 2.54. The summed E-state index contributed by atoms with van der Waals surface area (Å²) in [4.78, 5) is 0. The second-order valence-electron chi connectivity index (χ2n) is 6.36. The molecule has 0 atom stereocenters. The first kappa shape index (κ1) is 16.5. The maximum Gasteiger partial charge on any atom is 0.0806 e. The van der Waals surface area contributed by atoms with E-state index in [9.17, 15) is 0 Å². The van der Waals surface area contributed by atoms with Crippen LogP contribution in [0.2, 0.25) is 0 Å². The Labute approximate surface area is 130 Å². The first-order chi connectivity index (χ1) is 10.3. The molecule has 2 heteroatoms. The molecule has 21 heavy (non-hydrogen) atoms. The predicted molar refractivity (Wildman–Crippen MR) is 89.7 cm³/mol. The van der Waals surface area contributed by atoms with Crippen molar-refractivity contribution < 1.29 is 4.74 Å². The largest absolute Gasteiger partial charge is 0.374 e. The Hall–Kier alpha value is -0.860. The molecule has 1 fully saturated rings. The molecule has 1 saturated carbocycles. The highest BCUT2D eigenvalue weighted by Gasteiger charge is 2.32. The van der Waals surface area contributed by atoms with Crippen LogP contribution in [0.25, 0.3) is 0 Å². The fourth-order valence-corrected chi connectivity index (χ4v) is 3.27. The third kappa shape index (κ3) is 5.80. The Kier molecular flexibility index (Phi) is 7.25. The topological polar surface area (TPSA) is 21.3 Å². The van der Waals surface area contributed by atoms with Gasteiger partial charge in [0.2, 0.25) is 0 Å². The van der Waals surface area contributed by atoms with E-state index in [2.05, 4.69) is 42.6 Å². The van der Waals surface area contributed by atoms with E-state index in [0.717, 1.165) is 32.5 Å². The summed E-state index contributed by atoms with van der Waals surface area (Å²) in [5.41, 5.74) is 1.53. The number of benzene rings is 1. The summed E-state index contributed by atoms with van der Waals surface area (Å²) in [5, 5.41) is 3.58. The molecule has 2 rings (SSSR count). The Morgan fingerprint density at radius 3 is 2.57 bits per heavy atom. The van der Waals surface area contributed by atoms with E-state index in [-0.39, 0.29) is 5.60 Å². The molecule has 1 aliphatic rings. The molecule has 0 spiro atoms. The van der Waals surface area contributed by atoms with Crippen LogP contribution in [0.3, 0.4) is 0 Å². The van der Waals surface area contributed by atoms with E-state index in [1.807, 2.05) is 0 Å². The lowest BCUT2D eigenvalue weighted by Gasteiger charge is -2.37. The van der Waals surface area contributed by atoms with Gasteiger partial charge in [-0.1, -0.05) is 56.5 Å². The van der Waals surface area contributed by atoms with Crippen molar-refractivity contribution in [1.82, 2.24) is 5.32 Å². The fourth-order valence-electron chi connectivity index (χ4n) is 3.27. The summed E-state index contributed by atoms with van der Waals surface area (Å²) in [5.74, 6) is 0. The zero-order chi connectivity index (χ0) is 14.8. The van der Waals surface area contributed by atoms with Crippen LogP contribution in [0.4, 0.5) is 0 Å². The molecule has 1 aromatic rings. The molecular formula is C19H31NO. The van der Waals surface area contributed by atoms with Crippen molar-refractivity contribution in [3.8, 4) is 0 Å². The summed E-state index contributed by atoms with van der Waals surface area (Å²) in [6.45, 7) is 5.26. The molecule has 1 aromatic carbocycles. The standard InChI is InChI=1S/C19H31NO/c1-2-15-20-17-19(13-7-4-8-14-19)21-16-9-12-18-10-5-3-6-11-18/h3,5-6,10-11,20H,2,4,7-9,12-17H2,1H3. The quantitative estimate of drug-likeness (QED) is 0.683. The van der Waals surface area contributed by atoms with Crippen molar-refractivity contribution in [2.75, 3.05) is 19.7 Å². The van der Waals surface area contributed by atoms with Crippen LogP contribution in [0, 0.1) is 0 Å². The van der Waals surface area contributed by atoms with Crippen molar-refractivity contribution in [2.24, 2.45) is 0 Å². The van der Waals surface area contributed by atoms with Gasteiger partial charge in [0.15, 0.2) is 0 Å². The van der Waals surface area contributed by atoms with Crippen molar-refractivity contribution in [1.29, 1.82) is 0 Å². The van der Waals surface area contributed by atoms with Gasteiger partial charge in [-0.3, -0.25) is 0 Å². The van der Waals surface area contributed by atoms with Crippen molar-refractivity contribution in [2.45, 2.75) is 63.9 Å². The molecule has 0 radical (unpaired) electrons. The lowest BCUT2D eigenvalue weighted by atomic mass is 9.84. The summed E-state index contributed by atoms with van der Waals surface area (Å²) < 4.78 is 6.38. The van der Waals surface area contributed by atoms with Gasteiger partial charge >= 0.3 is 0 Å². The predicted octanol–water partition coefficient (Wildman–Crippen LogP) is 4.34. The van der Waals surface area contributed by atoms with Gasteiger partial charge in [0.05, 0.1) is 5.60 Å². The van der Waals surface area contributed by atoms with Gasteiger partial charge in [-0.15, -0.1) is 0 Å². The number of hydrogen-bond acceptors (Lipinski definition) is 2. The zero-order valence-corrected chi connectivity index (χ0v) is 13.6. The molecule has 2 nitrogen and oxygen atoms in total. The summed E-state index contributed by atoms with van der Waals surface area (Å²) >= 11 is 0. The average molecular weight is 289 g/mol. The lowest BCUT2D eigenvalue weighted by molar-refractivity contribution is -0.0690. The number of rotatable bonds is 9. The molecule has 0 saturated heterocycles. The Morgan fingerprint density at radius 2 is 1.86 bits per heavy atom. The first-order valence-electron chi connectivity index (χ1n) is 8.73. The SMILES string of the molecule is CCCNCC1(OCCCc2ccccc2)CCCCC1. The van der Waals surface area contributed by atoms with Gasteiger partial charge in [0.1, 0.15) is 0 Å². The van der Waals surface area contributed by atoms with Crippen LogP contribution >= 0.6 is 0 Å². The number of nitrogens with one attached hydrogen (secondary N) is 1. The molecule has 0 unspecified atom stereocenters. The molecule has 0 heterocycles. The van der Waals surface area contributed by atoms with Gasteiger partial charge in [-0.05, 0) is 44.2 Å². The normalized spacial score (nSPS) is 17.8. The second kappa shape index (κ2) is 9.22. The minimum atomic E-state index is 0.115. The highest BCUT2D eigenvalue weighted by molar-refractivity contribution is 5.14. The Balaban J connectivity index is 1.73. The molecule has 0 aliphatic heterocycles. The van der Waals surface area contributed by atoms with E-state index in [1.165, 1.54) is 44.1 Å². The smallest absolute Gasteiger partial charge is 0.0806 e. The summed E-state index contributed by atoms with van der Waals surface area (Å²) in [7, 11) is 0. The third-order valence-electron chi connectivity index (χ3n) is 4.50. The van der Waals surface area contributed by atoms with Crippen LogP contribution < -0.4 is 5.32 Å². The molecule has 1 N–H and O–H groups in total. The van der Waals surface area contributed by atoms with Crippen LogP contribution in [-0.4, -0.2) is 25.3 Å². The van der Waals surface area contributed by atoms with Gasteiger partial charge in [-0.25, -0.2) is 0 Å². The van der Waals surface area contributed by atoms with E-state index in [4.69, 9.17) is 4.74 Å². The summed E-state index contributed by atoms with van der Waals surface area (Å²) in [6.07, 6.45) is 9.94. The number of hydrogen-bond donors (Lipinski definition) is 1. The monoisotopic (exact) mass is 289 g/mol. The maximum atomic E-state index is 6.38. The zero-order valence-electron chi connectivity index (χ0n) is 13.6. The van der Waals surface area contributed by atoms with Gasteiger partial charge in [-0.2, -0.15) is 0 Å². The van der Waals surface area contributed by atoms with Crippen LogP contribution in [0.5, 0.6) is 0 Å². The molecule has 0 bridgehead atoms. The molecule has 1 aliphatic carbocycles. The highest BCUT2D eigenvalue weighted by atomic mass is 16.5. The van der Waals surface area contributed by atoms with Crippen molar-refractivity contribution >= 4 is 0 Å². The number of ether oxygens (including phenoxy) is 1. The van der Waals surface area contributed by atoms with E-state index in [0.29, 0.717) is 0 Å². The van der Waals surface area contributed by atoms with Crippen LogP contribution in [0.1, 0.15) is 57.4 Å². The van der Waals surface area contributed by atoms with E-state index < -0.39 is 0 Å². The lowest BCUT2D eigenvalue weighted by Crippen LogP contribution is -2.45. The fraction of sp³-hybridized carbons (Fsp3) is 0.684. The molecule has 0 amide bonds. The molecule has 118 valence electrons. The second-order valence-corrected chi connectivity index (χ2v) is 6.36. The number of aryl methyl sites for hydroxylation is 1. The van der Waals surface area contributed by atoms with Gasteiger partial charge < -0.3 is 10.1 Å². The Morgan fingerprint density at radius 1 is 1.10 bits per heavy atom. The van der Waals surface area contributed by atoms with E-state index >= 15 is 0 Å². The first-order valence-corrected chi connectivity index (χ1v) is 8.73. The Bertz CT molecular complexity index is 370. The van der Waals surface area contributed by atoms with Crippen LogP contribution in [0.15, 0.2) is 30.3 Å². The van der Waals surface area contributed by atoms with Crippen molar-refractivity contribution in [3.63, 3.8) is 0 Å². The molecule has 0 aromatic heterocycles. The minimum absolute atomic E-state index is 0.115. The van der Waals surface area contributed by atoms with E-state index in [1.54, 1.807) is 0 Å². The van der Waals surface area contributed by atoms with Gasteiger partial charge in [0, 0.05) is 13.2 Å². The van der Waals surface area contributed by atoms with Crippen LogP contribution in [-0.2, 0) is 11.2 Å². The third-order valence-corrected chi connectivity index (χ3v) is 4.50. The summed E-state index contributed by atoms with van der Waals surface area (Å²) in [6, 6.07) is 10.7.